The Kier molecular flexibility index (Phi) is 7.79. The molecule has 2 nitrogen and oxygen atoms in total. The lowest BCUT2D eigenvalue weighted by molar-refractivity contribution is 0.00578. The maximum atomic E-state index is 6.25. The average Bonchev–Trinajstić information content (AvgIpc) is 2.79. The van der Waals surface area contributed by atoms with E-state index >= 15 is 0 Å². The van der Waals surface area contributed by atoms with Crippen molar-refractivity contribution in [2.45, 2.75) is 111 Å². The standard InChI is InChI=1S/C23H39BO2/c1-7-8-9-10-11-12-13-14-16-20-17-15-18-21(19(20)2)24-25-22(3,4)23(5,6)26-24/h15,17-18H,7-14,16H2,1-6H3. The molecule has 0 saturated carbocycles. The quantitative estimate of drug-likeness (QED) is 0.378. The number of hydrogen-bond acceptors (Lipinski definition) is 2. The van der Waals surface area contributed by atoms with Gasteiger partial charge in [0.25, 0.3) is 0 Å². The second kappa shape index (κ2) is 9.42. The van der Waals surface area contributed by atoms with Crippen LogP contribution in [0.5, 0.6) is 0 Å². The molecule has 0 aliphatic carbocycles. The average molecular weight is 358 g/mol. The van der Waals surface area contributed by atoms with Crippen LogP contribution in [-0.2, 0) is 15.7 Å². The summed E-state index contributed by atoms with van der Waals surface area (Å²) in [6, 6.07) is 6.59. The molecule has 3 heteroatoms. The normalized spacial score (nSPS) is 18.5. The summed E-state index contributed by atoms with van der Waals surface area (Å²) >= 11 is 0. The first-order valence-corrected chi connectivity index (χ1v) is 10.7. The smallest absolute Gasteiger partial charge is 0.399 e. The fourth-order valence-corrected chi connectivity index (χ4v) is 3.65. The molecule has 0 radical (unpaired) electrons. The molecule has 1 aliphatic heterocycles. The molecule has 0 spiro atoms. The molecule has 1 aromatic rings. The van der Waals surface area contributed by atoms with Crippen LogP contribution in [0.15, 0.2) is 18.2 Å². The fourth-order valence-electron chi connectivity index (χ4n) is 3.65. The van der Waals surface area contributed by atoms with E-state index in [0.717, 1.165) is 6.42 Å². The number of rotatable bonds is 10. The summed E-state index contributed by atoms with van der Waals surface area (Å²) in [5.74, 6) is 0. The largest absolute Gasteiger partial charge is 0.495 e. The van der Waals surface area contributed by atoms with Gasteiger partial charge in [0, 0.05) is 0 Å². The van der Waals surface area contributed by atoms with E-state index in [1.807, 2.05) is 0 Å². The molecule has 2 rings (SSSR count). The lowest BCUT2D eigenvalue weighted by Crippen LogP contribution is -2.41. The maximum absolute atomic E-state index is 6.25. The van der Waals surface area contributed by atoms with E-state index in [1.54, 1.807) is 0 Å². The zero-order valence-electron chi connectivity index (χ0n) is 18.0. The third-order valence-electron chi connectivity index (χ3n) is 6.29. The van der Waals surface area contributed by atoms with Gasteiger partial charge in [-0.3, -0.25) is 0 Å². The Balaban J connectivity index is 1.86. The van der Waals surface area contributed by atoms with Gasteiger partial charge in [-0.15, -0.1) is 0 Å². The lowest BCUT2D eigenvalue weighted by Gasteiger charge is -2.32. The van der Waals surface area contributed by atoms with E-state index in [2.05, 4.69) is 59.7 Å². The van der Waals surface area contributed by atoms with Gasteiger partial charge >= 0.3 is 7.12 Å². The van der Waals surface area contributed by atoms with Gasteiger partial charge in [-0.2, -0.15) is 0 Å². The van der Waals surface area contributed by atoms with Crippen LogP contribution in [0, 0.1) is 6.92 Å². The van der Waals surface area contributed by atoms with Gasteiger partial charge in [0.05, 0.1) is 11.2 Å². The van der Waals surface area contributed by atoms with Gasteiger partial charge in [0.15, 0.2) is 0 Å². The van der Waals surface area contributed by atoms with Crippen LogP contribution in [0.25, 0.3) is 0 Å². The predicted octanol–water partition coefficient (Wildman–Crippen LogP) is 5.98. The van der Waals surface area contributed by atoms with Crippen LogP contribution >= 0.6 is 0 Å². The third kappa shape index (κ3) is 5.36. The highest BCUT2D eigenvalue weighted by Gasteiger charge is 2.52. The van der Waals surface area contributed by atoms with Gasteiger partial charge in [-0.05, 0) is 64.1 Å². The summed E-state index contributed by atoms with van der Waals surface area (Å²) in [6.45, 7) is 13.0. The second-order valence-corrected chi connectivity index (χ2v) is 8.94. The first kappa shape index (κ1) is 21.5. The predicted molar refractivity (Wildman–Crippen MR) is 113 cm³/mol. The SMILES string of the molecule is CCCCCCCCCCc1cccc(B2OC(C)(C)C(C)(C)O2)c1C. The zero-order valence-corrected chi connectivity index (χ0v) is 18.0. The molecule has 0 aromatic heterocycles. The Morgan fingerprint density at radius 2 is 1.35 bits per heavy atom. The summed E-state index contributed by atoms with van der Waals surface area (Å²) in [5.41, 5.74) is 3.42. The molecule has 146 valence electrons. The van der Waals surface area contributed by atoms with E-state index in [4.69, 9.17) is 9.31 Å². The molecule has 0 unspecified atom stereocenters. The van der Waals surface area contributed by atoms with Crippen molar-refractivity contribution in [3.63, 3.8) is 0 Å². The van der Waals surface area contributed by atoms with Crippen LogP contribution in [0.3, 0.4) is 0 Å². The molecule has 0 atom stereocenters. The van der Waals surface area contributed by atoms with Gasteiger partial charge in [-0.1, -0.05) is 70.1 Å². The van der Waals surface area contributed by atoms with Crippen molar-refractivity contribution in [3.05, 3.63) is 29.3 Å². The van der Waals surface area contributed by atoms with Crippen molar-refractivity contribution in [1.29, 1.82) is 0 Å². The minimum Gasteiger partial charge on any atom is -0.399 e. The van der Waals surface area contributed by atoms with Crippen LogP contribution < -0.4 is 5.46 Å². The maximum Gasteiger partial charge on any atom is 0.495 e. The first-order valence-electron chi connectivity index (χ1n) is 10.7. The summed E-state index contributed by atoms with van der Waals surface area (Å²) in [5, 5.41) is 0. The summed E-state index contributed by atoms with van der Waals surface area (Å²) in [4.78, 5) is 0. The van der Waals surface area contributed by atoms with Crippen LogP contribution in [0.4, 0.5) is 0 Å². The zero-order chi connectivity index (χ0) is 19.2. The molecule has 1 aliphatic rings. The van der Waals surface area contributed by atoms with Crippen LogP contribution in [-0.4, -0.2) is 18.3 Å². The number of aryl methyl sites for hydroxylation is 1. The molecule has 0 N–H and O–H groups in total. The summed E-state index contributed by atoms with van der Waals surface area (Å²) in [6.07, 6.45) is 12.1. The molecule has 0 bridgehead atoms. The lowest BCUT2D eigenvalue weighted by atomic mass is 9.74. The Morgan fingerprint density at radius 3 is 1.92 bits per heavy atom. The molecular formula is C23H39BO2. The summed E-state index contributed by atoms with van der Waals surface area (Å²) < 4.78 is 12.5. The van der Waals surface area contributed by atoms with E-state index in [-0.39, 0.29) is 18.3 Å². The van der Waals surface area contributed by atoms with Crippen LogP contribution in [0.1, 0.15) is 97.1 Å². The molecule has 26 heavy (non-hydrogen) atoms. The van der Waals surface area contributed by atoms with Crippen molar-refractivity contribution in [2.75, 3.05) is 0 Å². The summed E-state index contributed by atoms with van der Waals surface area (Å²) in [7, 11) is -0.251. The highest BCUT2D eigenvalue weighted by molar-refractivity contribution is 6.62. The second-order valence-electron chi connectivity index (χ2n) is 8.94. The topological polar surface area (TPSA) is 18.5 Å². The van der Waals surface area contributed by atoms with E-state index in [1.165, 1.54) is 68.0 Å². The van der Waals surface area contributed by atoms with Crippen molar-refractivity contribution in [1.82, 2.24) is 0 Å². The van der Waals surface area contributed by atoms with Gasteiger partial charge < -0.3 is 9.31 Å². The molecular weight excluding hydrogens is 319 g/mol. The highest BCUT2D eigenvalue weighted by Crippen LogP contribution is 2.36. The number of hydrogen-bond donors (Lipinski definition) is 0. The van der Waals surface area contributed by atoms with E-state index in [0.29, 0.717) is 0 Å². The van der Waals surface area contributed by atoms with Crippen molar-refractivity contribution >= 4 is 12.6 Å². The Bertz CT molecular complexity index is 549. The van der Waals surface area contributed by atoms with Gasteiger partial charge in [-0.25, -0.2) is 0 Å². The molecule has 1 saturated heterocycles. The van der Waals surface area contributed by atoms with Crippen molar-refractivity contribution < 1.29 is 9.31 Å². The molecule has 1 heterocycles. The van der Waals surface area contributed by atoms with Crippen LogP contribution in [0.2, 0.25) is 0 Å². The minimum absolute atomic E-state index is 0.251. The Hall–Kier alpha value is -0.795. The molecule has 0 amide bonds. The van der Waals surface area contributed by atoms with Crippen molar-refractivity contribution in [3.8, 4) is 0 Å². The number of unbranched alkanes of at least 4 members (excludes halogenated alkanes) is 7. The van der Waals surface area contributed by atoms with Gasteiger partial charge in [0.2, 0.25) is 0 Å². The first-order chi connectivity index (χ1) is 12.3. The van der Waals surface area contributed by atoms with E-state index < -0.39 is 0 Å². The molecule has 1 aromatic carbocycles. The monoisotopic (exact) mass is 358 g/mol. The van der Waals surface area contributed by atoms with E-state index in [9.17, 15) is 0 Å². The third-order valence-corrected chi connectivity index (χ3v) is 6.29. The molecule has 1 fully saturated rings. The minimum atomic E-state index is -0.280. The Labute approximate surface area is 162 Å². The highest BCUT2D eigenvalue weighted by atomic mass is 16.7. The van der Waals surface area contributed by atoms with Crippen molar-refractivity contribution in [2.24, 2.45) is 0 Å². The fraction of sp³-hybridized carbons (Fsp3) is 0.739. The van der Waals surface area contributed by atoms with Gasteiger partial charge in [0.1, 0.15) is 0 Å². The Morgan fingerprint density at radius 1 is 0.808 bits per heavy atom. The number of benzene rings is 1.